The van der Waals surface area contributed by atoms with Gasteiger partial charge in [0.05, 0.1) is 12.8 Å². The topological polar surface area (TPSA) is 69.8 Å². The summed E-state index contributed by atoms with van der Waals surface area (Å²) in [6, 6.07) is 3.56. The Hall–Kier alpha value is -0.760. The lowest BCUT2D eigenvalue weighted by molar-refractivity contribution is 0.153. The molecule has 1 saturated carbocycles. The number of furan rings is 1. The predicted octanol–water partition coefficient (Wildman–Crippen LogP) is 3.46. The van der Waals surface area contributed by atoms with Crippen LogP contribution in [0.4, 0.5) is 0 Å². The van der Waals surface area contributed by atoms with Crippen molar-refractivity contribution < 1.29 is 9.52 Å². The monoisotopic (exact) mass is 435 g/mol. The van der Waals surface area contributed by atoms with Crippen LogP contribution < -0.4 is 10.6 Å². The molecule has 0 amide bonds. The highest BCUT2D eigenvalue weighted by atomic mass is 127. The van der Waals surface area contributed by atoms with Crippen LogP contribution >= 0.6 is 24.0 Å². The summed E-state index contributed by atoms with van der Waals surface area (Å²) in [5.74, 6) is 1.34. The normalized spacial score (nSPS) is 18.3. The van der Waals surface area contributed by atoms with E-state index < -0.39 is 6.10 Å². The van der Waals surface area contributed by atoms with Crippen molar-refractivity contribution >= 4 is 29.9 Å². The second-order valence-electron chi connectivity index (χ2n) is 6.17. The zero-order valence-corrected chi connectivity index (χ0v) is 16.5. The second-order valence-corrected chi connectivity index (χ2v) is 6.17. The Morgan fingerprint density at radius 3 is 2.65 bits per heavy atom. The number of halogens is 1. The molecule has 1 aliphatic carbocycles. The number of aliphatic hydroxyl groups is 1. The van der Waals surface area contributed by atoms with Crippen LogP contribution in [0.15, 0.2) is 27.8 Å². The van der Waals surface area contributed by atoms with Crippen molar-refractivity contribution in [3.05, 3.63) is 24.2 Å². The standard InChI is InChI=1S/C17H29N3O2.HI/c1-3-17(9-5-6-10-17)13-20-16(18-4-2)19-12-14(21)15-8-7-11-22-15;/h7-8,11,14,21H,3-6,9-10,12-13H2,1-2H3,(H2,18,19,20);1H. The third-order valence-corrected chi connectivity index (χ3v) is 4.67. The van der Waals surface area contributed by atoms with E-state index in [4.69, 9.17) is 9.41 Å². The summed E-state index contributed by atoms with van der Waals surface area (Å²) in [4.78, 5) is 4.74. The lowest BCUT2D eigenvalue weighted by Gasteiger charge is -2.25. The second kappa shape index (κ2) is 10.2. The maximum atomic E-state index is 10.1. The first-order valence-corrected chi connectivity index (χ1v) is 8.43. The van der Waals surface area contributed by atoms with E-state index in [9.17, 15) is 5.11 Å². The third kappa shape index (κ3) is 5.99. The summed E-state index contributed by atoms with van der Waals surface area (Å²) in [6.45, 7) is 6.36. The van der Waals surface area contributed by atoms with E-state index >= 15 is 0 Å². The molecule has 0 bridgehead atoms. The first-order valence-electron chi connectivity index (χ1n) is 8.43. The van der Waals surface area contributed by atoms with E-state index in [-0.39, 0.29) is 24.0 Å². The molecule has 1 unspecified atom stereocenters. The minimum absolute atomic E-state index is 0. The summed E-state index contributed by atoms with van der Waals surface area (Å²) in [6.07, 6.45) is 7.30. The van der Waals surface area contributed by atoms with Crippen LogP contribution in [0.1, 0.15) is 57.8 Å². The largest absolute Gasteiger partial charge is 0.467 e. The van der Waals surface area contributed by atoms with E-state index in [1.165, 1.54) is 32.1 Å². The average molecular weight is 435 g/mol. The first-order chi connectivity index (χ1) is 10.7. The van der Waals surface area contributed by atoms with Gasteiger partial charge in [-0.05, 0) is 43.7 Å². The summed E-state index contributed by atoms with van der Waals surface area (Å²) in [5, 5.41) is 16.5. The molecule has 132 valence electrons. The van der Waals surface area contributed by atoms with Crippen molar-refractivity contribution in [3.8, 4) is 0 Å². The molecule has 1 heterocycles. The molecule has 1 aromatic heterocycles. The van der Waals surface area contributed by atoms with Crippen molar-refractivity contribution in [1.29, 1.82) is 0 Å². The number of aliphatic hydroxyl groups excluding tert-OH is 1. The lowest BCUT2D eigenvalue weighted by atomic mass is 9.84. The molecule has 1 aliphatic rings. The summed E-state index contributed by atoms with van der Waals surface area (Å²) < 4.78 is 5.21. The van der Waals surface area contributed by atoms with Crippen LogP contribution in [0, 0.1) is 5.41 Å². The van der Waals surface area contributed by atoms with Crippen LogP contribution in [-0.4, -0.2) is 30.7 Å². The highest BCUT2D eigenvalue weighted by molar-refractivity contribution is 14.0. The van der Waals surface area contributed by atoms with Crippen LogP contribution in [-0.2, 0) is 0 Å². The molecule has 0 aromatic carbocycles. The van der Waals surface area contributed by atoms with Gasteiger partial charge in [0.2, 0.25) is 0 Å². The Morgan fingerprint density at radius 1 is 1.35 bits per heavy atom. The van der Waals surface area contributed by atoms with Gasteiger partial charge < -0.3 is 20.2 Å². The van der Waals surface area contributed by atoms with Crippen molar-refractivity contribution in [1.82, 2.24) is 10.6 Å². The molecule has 5 nitrogen and oxygen atoms in total. The Bertz CT molecular complexity index is 456. The van der Waals surface area contributed by atoms with Gasteiger partial charge >= 0.3 is 0 Å². The minimum Gasteiger partial charge on any atom is -0.467 e. The molecule has 0 radical (unpaired) electrons. The fourth-order valence-corrected chi connectivity index (χ4v) is 3.11. The molecular formula is C17H30IN3O2. The van der Waals surface area contributed by atoms with Crippen molar-refractivity contribution in [2.75, 3.05) is 19.6 Å². The van der Waals surface area contributed by atoms with Gasteiger partial charge in [0.15, 0.2) is 5.96 Å². The molecule has 0 saturated heterocycles. The van der Waals surface area contributed by atoms with Crippen LogP contribution in [0.25, 0.3) is 0 Å². The molecule has 0 spiro atoms. The number of rotatable bonds is 7. The van der Waals surface area contributed by atoms with Gasteiger partial charge in [0.1, 0.15) is 11.9 Å². The van der Waals surface area contributed by atoms with Gasteiger partial charge in [-0.15, -0.1) is 24.0 Å². The van der Waals surface area contributed by atoms with Crippen molar-refractivity contribution in [3.63, 3.8) is 0 Å². The number of guanidine groups is 1. The van der Waals surface area contributed by atoms with Gasteiger partial charge in [0.25, 0.3) is 0 Å². The molecule has 1 fully saturated rings. The summed E-state index contributed by atoms with van der Waals surface area (Å²) in [5.41, 5.74) is 0.377. The Kier molecular flexibility index (Phi) is 8.98. The van der Waals surface area contributed by atoms with Gasteiger partial charge in [-0.3, -0.25) is 4.99 Å². The fraction of sp³-hybridized carbons (Fsp3) is 0.706. The van der Waals surface area contributed by atoms with E-state index in [1.54, 1.807) is 18.4 Å². The first kappa shape index (κ1) is 20.3. The highest BCUT2D eigenvalue weighted by Crippen LogP contribution is 2.41. The van der Waals surface area contributed by atoms with E-state index in [1.807, 2.05) is 6.92 Å². The molecule has 6 heteroatoms. The van der Waals surface area contributed by atoms with Crippen molar-refractivity contribution in [2.24, 2.45) is 10.4 Å². The zero-order chi connectivity index (χ0) is 15.8. The number of hydrogen-bond donors (Lipinski definition) is 3. The molecule has 1 aromatic rings. The van der Waals surface area contributed by atoms with E-state index in [0.29, 0.717) is 17.7 Å². The Labute approximate surface area is 156 Å². The molecule has 3 N–H and O–H groups in total. The van der Waals surface area contributed by atoms with Crippen molar-refractivity contribution in [2.45, 2.75) is 52.1 Å². The third-order valence-electron chi connectivity index (χ3n) is 4.67. The minimum atomic E-state index is -0.662. The molecule has 23 heavy (non-hydrogen) atoms. The predicted molar refractivity (Wildman–Crippen MR) is 104 cm³/mol. The van der Waals surface area contributed by atoms with Crippen LogP contribution in [0.3, 0.4) is 0 Å². The molecule has 2 rings (SSSR count). The van der Waals surface area contributed by atoms with E-state index in [0.717, 1.165) is 19.0 Å². The molecular weight excluding hydrogens is 405 g/mol. The smallest absolute Gasteiger partial charge is 0.191 e. The molecule has 1 atom stereocenters. The zero-order valence-electron chi connectivity index (χ0n) is 14.2. The SMILES string of the molecule is CCNC(=NCC1(CC)CCCC1)NCC(O)c1ccco1.I. The number of hydrogen-bond acceptors (Lipinski definition) is 3. The van der Waals surface area contributed by atoms with Crippen LogP contribution in [0.5, 0.6) is 0 Å². The summed E-state index contributed by atoms with van der Waals surface area (Å²) in [7, 11) is 0. The van der Waals surface area contributed by atoms with E-state index in [2.05, 4.69) is 17.6 Å². The highest BCUT2D eigenvalue weighted by Gasteiger charge is 2.31. The van der Waals surface area contributed by atoms with Gasteiger partial charge in [-0.25, -0.2) is 0 Å². The maximum absolute atomic E-state index is 10.1. The number of aliphatic imine (C=N–C) groups is 1. The average Bonchev–Trinajstić information content (AvgIpc) is 3.21. The van der Waals surface area contributed by atoms with Gasteiger partial charge in [0, 0.05) is 13.1 Å². The van der Waals surface area contributed by atoms with Crippen LogP contribution in [0.2, 0.25) is 0 Å². The Morgan fingerprint density at radius 2 is 2.09 bits per heavy atom. The lowest BCUT2D eigenvalue weighted by Crippen LogP contribution is -2.40. The van der Waals surface area contributed by atoms with Gasteiger partial charge in [-0.1, -0.05) is 19.8 Å². The fourth-order valence-electron chi connectivity index (χ4n) is 3.11. The number of nitrogens with zero attached hydrogens (tertiary/aromatic N) is 1. The number of nitrogens with one attached hydrogen (secondary N) is 2. The maximum Gasteiger partial charge on any atom is 0.191 e. The molecule has 0 aliphatic heterocycles. The van der Waals surface area contributed by atoms with Gasteiger partial charge in [-0.2, -0.15) is 0 Å². The Balaban J connectivity index is 0.00000264. The quantitative estimate of drug-likeness (QED) is 0.349. The summed E-state index contributed by atoms with van der Waals surface area (Å²) >= 11 is 0.